The molecule has 2 aromatic heterocycles. The zero-order valence-corrected chi connectivity index (χ0v) is 19.9. The number of aliphatic hydroxyl groups is 1. The molecule has 4 N–H and O–H groups in total. The third-order valence-electron chi connectivity index (χ3n) is 6.41. The molecule has 2 atom stereocenters. The van der Waals surface area contributed by atoms with Crippen molar-refractivity contribution in [2.75, 3.05) is 30.4 Å². The minimum absolute atomic E-state index is 0.0847. The second-order valence-electron chi connectivity index (χ2n) is 9.06. The molecule has 1 aromatic carbocycles. The van der Waals surface area contributed by atoms with E-state index < -0.39 is 12.0 Å². The molecule has 5 rings (SSSR count). The van der Waals surface area contributed by atoms with Gasteiger partial charge in [0.25, 0.3) is 5.91 Å². The fourth-order valence-electron chi connectivity index (χ4n) is 4.30. The van der Waals surface area contributed by atoms with E-state index in [9.17, 15) is 9.90 Å². The van der Waals surface area contributed by atoms with Gasteiger partial charge >= 0.3 is 0 Å². The Hall–Kier alpha value is -3.83. The number of morpholine rings is 1. The molecule has 2 aliphatic rings. The van der Waals surface area contributed by atoms with E-state index in [1.54, 1.807) is 42.9 Å². The van der Waals surface area contributed by atoms with Gasteiger partial charge in [-0.25, -0.2) is 19.9 Å². The van der Waals surface area contributed by atoms with Gasteiger partial charge in [-0.1, -0.05) is 30.3 Å². The van der Waals surface area contributed by atoms with E-state index in [4.69, 9.17) is 20.2 Å². The van der Waals surface area contributed by atoms with Crippen molar-refractivity contribution in [1.29, 1.82) is 0 Å². The van der Waals surface area contributed by atoms with Gasteiger partial charge < -0.3 is 30.5 Å². The minimum Gasteiger partial charge on any atom is -0.486 e. The summed E-state index contributed by atoms with van der Waals surface area (Å²) in [6.07, 6.45) is 4.76. The van der Waals surface area contributed by atoms with Crippen LogP contribution in [0.5, 0.6) is 5.75 Å². The van der Waals surface area contributed by atoms with Crippen molar-refractivity contribution in [3.8, 4) is 17.0 Å². The molecule has 36 heavy (non-hydrogen) atoms. The van der Waals surface area contributed by atoms with Crippen LogP contribution in [-0.4, -0.2) is 68.9 Å². The van der Waals surface area contributed by atoms with Crippen molar-refractivity contribution >= 4 is 17.8 Å². The lowest BCUT2D eigenvalue weighted by Gasteiger charge is -2.37. The maximum absolute atomic E-state index is 12.4. The van der Waals surface area contributed by atoms with Crippen molar-refractivity contribution < 1.29 is 19.4 Å². The number of carbonyl (C=O) groups is 1. The number of rotatable bonds is 7. The first-order chi connectivity index (χ1) is 17.5. The van der Waals surface area contributed by atoms with Crippen molar-refractivity contribution in [3.05, 3.63) is 54.5 Å². The zero-order valence-electron chi connectivity index (χ0n) is 19.9. The number of hydrogen-bond acceptors (Lipinski definition) is 10. The molecule has 1 aliphatic carbocycles. The van der Waals surface area contributed by atoms with Gasteiger partial charge in [0.05, 0.1) is 25.5 Å². The molecule has 0 bridgehead atoms. The van der Waals surface area contributed by atoms with E-state index in [1.165, 1.54) is 0 Å². The number of nitrogens with one attached hydrogen (secondary N) is 1. The predicted molar refractivity (Wildman–Crippen MR) is 132 cm³/mol. The van der Waals surface area contributed by atoms with E-state index >= 15 is 0 Å². The first-order valence-electron chi connectivity index (χ1n) is 12.0. The lowest BCUT2D eigenvalue weighted by molar-refractivity contribution is -0.131. The Bertz CT molecular complexity index is 1190. The van der Waals surface area contributed by atoms with Crippen molar-refractivity contribution in [2.24, 2.45) is 0 Å². The highest BCUT2D eigenvalue weighted by atomic mass is 16.5. The van der Waals surface area contributed by atoms with E-state index in [2.05, 4.69) is 32.1 Å². The number of hydrogen-bond donors (Lipinski definition) is 3. The van der Waals surface area contributed by atoms with Crippen LogP contribution in [0, 0.1) is 0 Å². The SMILES string of the molecule is C[C@H]1COCCN1c1ncc(O[C@H]2C[C@H](NC(=O)[C@H](O)c3ccccc3)C2)c(-c2cnc(N)nc2)n1. The molecule has 2 fully saturated rings. The zero-order chi connectivity index (χ0) is 25.1. The van der Waals surface area contributed by atoms with Crippen LogP contribution in [0.25, 0.3) is 11.3 Å². The maximum Gasteiger partial charge on any atom is 0.253 e. The average molecular weight is 492 g/mol. The van der Waals surface area contributed by atoms with Crippen molar-refractivity contribution in [2.45, 2.75) is 44.1 Å². The van der Waals surface area contributed by atoms with E-state index in [0.29, 0.717) is 61.1 Å². The van der Waals surface area contributed by atoms with Gasteiger partial charge in [-0.2, -0.15) is 0 Å². The summed E-state index contributed by atoms with van der Waals surface area (Å²) in [4.78, 5) is 32.1. The normalized spacial score (nSPS) is 22.4. The number of carbonyl (C=O) groups excluding carboxylic acids is 1. The summed E-state index contributed by atoms with van der Waals surface area (Å²) in [5.41, 5.74) is 7.47. The van der Waals surface area contributed by atoms with Crippen LogP contribution in [0.4, 0.5) is 11.9 Å². The van der Waals surface area contributed by atoms with Gasteiger partial charge in [0.15, 0.2) is 11.9 Å². The molecule has 3 aromatic rings. The first-order valence-corrected chi connectivity index (χ1v) is 12.0. The molecule has 0 unspecified atom stereocenters. The molecule has 1 amide bonds. The summed E-state index contributed by atoms with van der Waals surface area (Å²) in [6.45, 7) is 3.98. The minimum atomic E-state index is -1.20. The summed E-state index contributed by atoms with van der Waals surface area (Å²) < 4.78 is 11.8. The molecule has 0 spiro atoms. The highest BCUT2D eigenvalue weighted by Crippen LogP contribution is 2.34. The Morgan fingerprint density at radius 1 is 1.19 bits per heavy atom. The third kappa shape index (κ3) is 5.21. The molecule has 11 heteroatoms. The number of ether oxygens (including phenoxy) is 2. The van der Waals surface area contributed by atoms with Gasteiger partial charge in [0, 0.05) is 43.4 Å². The Morgan fingerprint density at radius 3 is 2.67 bits per heavy atom. The fourth-order valence-corrected chi connectivity index (χ4v) is 4.30. The smallest absolute Gasteiger partial charge is 0.253 e. The molecule has 1 aliphatic heterocycles. The number of benzene rings is 1. The molecule has 188 valence electrons. The van der Waals surface area contributed by atoms with Crippen LogP contribution in [0.3, 0.4) is 0 Å². The van der Waals surface area contributed by atoms with Gasteiger partial charge in [0.1, 0.15) is 11.8 Å². The van der Waals surface area contributed by atoms with Gasteiger partial charge in [-0.05, 0) is 12.5 Å². The van der Waals surface area contributed by atoms with Crippen LogP contribution < -0.4 is 20.7 Å². The molecular weight excluding hydrogens is 462 g/mol. The van der Waals surface area contributed by atoms with Crippen LogP contribution in [0.2, 0.25) is 0 Å². The first kappa shape index (κ1) is 23.9. The number of aromatic nitrogens is 4. The number of aliphatic hydroxyl groups excluding tert-OH is 1. The lowest BCUT2D eigenvalue weighted by Crippen LogP contribution is -2.50. The van der Waals surface area contributed by atoms with E-state index in [1.807, 2.05) is 6.07 Å². The average Bonchev–Trinajstić information content (AvgIpc) is 2.88. The summed E-state index contributed by atoms with van der Waals surface area (Å²) in [7, 11) is 0. The van der Waals surface area contributed by atoms with E-state index in [-0.39, 0.29) is 24.1 Å². The second kappa shape index (κ2) is 10.4. The highest BCUT2D eigenvalue weighted by Gasteiger charge is 2.34. The summed E-state index contributed by atoms with van der Waals surface area (Å²) in [6, 6.07) is 8.92. The topological polar surface area (TPSA) is 149 Å². The number of anilines is 2. The van der Waals surface area contributed by atoms with Crippen LogP contribution in [-0.2, 0) is 9.53 Å². The van der Waals surface area contributed by atoms with Crippen LogP contribution in [0.15, 0.2) is 48.9 Å². The molecular formula is C25H29N7O4. The molecule has 0 radical (unpaired) electrons. The number of nitrogen functional groups attached to an aromatic ring is 1. The van der Waals surface area contributed by atoms with Crippen molar-refractivity contribution in [1.82, 2.24) is 25.3 Å². The number of nitrogens with zero attached hydrogens (tertiary/aromatic N) is 5. The van der Waals surface area contributed by atoms with Gasteiger partial charge in [-0.15, -0.1) is 0 Å². The number of nitrogens with two attached hydrogens (primary N) is 1. The second-order valence-corrected chi connectivity index (χ2v) is 9.06. The largest absolute Gasteiger partial charge is 0.486 e. The Labute approximate surface area is 208 Å². The highest BCUT2D eigenvalue weighted by molar-refractivity contribution is 5.82. The maximum atomic E-state index is 12.4. The predicted octanol–water partition coefficient (Wildman–Crippen LogP) is 1.50. The molecule has 1 saturated heterocycles. The van der Waals surface area contributed by atoms with Gasteiger partial charge in [-0.3, -0.25) is 4.79 Å². The molecule has 1 saturated carbocycles. The summed E-state index contributed by atoms with van der Waals surface area (Å²) >= 11 is 0. The Morgan fingerprint density at radius 2 is 1.94 bits per heavy atom. The van der Waals surface area contributed by atoms with E-state index in [0.717, 1.165) is 0 Å². The molecule has 11 nitrogen and oxygen atoms in total. The third-order valence-corrected chi connectivity index (χ3v) is 6.41. The summed E-state index contributed by atoms with van der Waals surface area (Å²) in [5.74, 6) is 0.843. The standard InChI is InChI=1S/C25H29N7O4/c1-15-14-35-8-7-32(15)25-29-13-20(21(31-25)17-11-27-24(26)28-12-17)36-19-9-18(10-19)30-23(34)22(33)16-5-3-2-4-6-16/h2-6,11-13,15,18-19,22,33H,7-10,14H2,1H3,(H,30,34)(H2,26,27,28)/t15-,18-,19-,22+/m0/s1. The monoisotopic (exact) mass is 491 g/mol. The van der Waals surface area contributed by atoms with Gasteiger partial charge in [0.2, 0.25) is 11.9 Å². The quantitative estimate of drug-likeness (QED) is 0.444. The van der Waals surface area contributed by atoms with Crippen molar-refractivity contribution in [3.63, 3.8) is 0 Å². The Kier molecular flexibility index (Phi) is 6.92. The van der Waals surface area contributed by atoms with Crippen LogP contribution >= 0.6 is 0 Å². The lowest BCUT2D eigenvalue weighted by atomic mass is 9.88. The summed E-state index contributed by atoms with van der Waals surface area (Å²) in [5, 5.41) is 13.2. The Balaban J connectivity index is 1.27. The van der Waals surface area contributed by atoms with Crippen LogP contribution in [0.1, 0.15) is 31.4 Å². The number of amides is 1. The molecule has 3 heterocycles. The fraction of sp³-hybridized carbons (Fsp3) is 0.400.